The minimum Gasteiger partial charge on any atom is -0.389 e. The van der Waals surface area contributed by atoms with E-state index < -0.39 is 5.60 Å². The minimum atomic E-state index is -0.461. The Labute approximate surface area is 112 Å². The molecule has 2 unspecified atom stereocenters. The number of nitrogens with one attached hydrogen (secondary N) is 1. The maximum absolute atomic E-state index is 10.1. The predicted octanol–water partition coefficient (Wildman–Crippen LogP) is 2.00. The second-order valence-electron chi connectivity index (χ2n) is 7.17. The molecule has 0 bridgehead atoms. The molecule has 2 N–H and O–H groups in total. The van der Waals surface area contributed by atoms with Crippen molar-refractivity contribution in [2.24, 2.45) is 5.41 Å². The number of aliphatic hydroxyl groups is 1. The average Bonchev–Trinajstić information content (AvgIpc) is 3.02. The summed E-state index contributed by atoms with van der Waals surface area (Å²) in [5, 5.41) is 13.7. The summed E-state index contributed by atoms with van der Waals surface area (Å²) in [6.07, 6.45) is 6.16. The standard InChI is InChI=1S/C15H30N2O/c1-4-7-14(2,10-16-13-5-6-13)11-17-9-8-15(3,18)12-17/h13,16,18H,4-12H2,1-3H3. The Bertz CT molecular complexity index is 276. The predicted molar refractivity (Wildman–Crippen MR) is 75.7 cm³/mol. The van der Waals surface area contributed by atoms with E-state index >= 15 is 0 Å². The van der Waals surface area contributed by atoms with Gasteiger partial charge in [0.2, 0.25) is 0 Å². The Morgan fingerprint density at radius 2 is 2.17 bits per heavy atom. The first-order chi connectivity index (χ1) is 8.42. The number of β-amino-alcohol motifs (C(OH)–C–C–N with tert-alkyl or cyclic N) is 1. The van der Waals surface area contributed by atoms with Crippen molar-refractivity contribution in [2.75, 3.05) is 26.2 Å². The van der Waals surface area contributed by atoms with Gasteiger partial charge in [0.15, 0.2) is 0 Å². The third-order valence-corrected chi connectivity index (χ3v) is 4.38. The second kappa shape index (κ2) is 5.48. The van der Waals surface area contributed by atoms with Gasteiger partial charge in [-0.2, -0.15) is 0 Å². The third kappa shape index (κ3) is 4.22. The molecule has 2 rings (SSSR count). The molecular formula is C15H30N2O. The van der Waals surface area contributed by atoms with E-state index in [1.54, 1.807) is 0 Å². The summed E-state index contributed by atoms with van der Waals surface area (Å²) in [5.74, 6) is 0. The van der Waals surface area contributed by atoms with Crippen LogP contribution in [-0.2, 0) is 0 Å². The summed E-state index contributed by atoms with van der Waals surface area (Å²) >= 11 is 0. The van der Waals surface area contributed by atoms with Crippen LogP contribution in [0.1, 0.15) is 52.9 Å². The van der Waals surface area contributed by atoms with Crippen LogP contribution < -0.4 is 5.32 Å². The average molecular weight is 254 g/mol. The zero-order valence-corrected chi connectivity index (χ0v) is 12.3. The largest absolute Gasteiger partial charge is 0.389 e. The molecule has 3 heteroatoms. The van der Waals surface area contributed by atoms with Gasteiger partial charge in [-0.25, -0.2) is 0 Å². The molecule has 0 amide bonds. The van der Waals surface area contributed by atoms with E-state index in [4.69, 9.17) is 0 Å². The molecule has 2 fully saturated rings. The smallest absolute Gasteiger partial charge is 0.0758 e. The Morgan fingerprint density at radius 1 is 1.44 bits per heavy atom. The first-order valence-corrected chi connectivity index (χ1v) is 7.61. The molecule has 2 atom stereocenters. The Balaban J connectivity index is 1.83. The van der Waals surface area contributed by atoms with Crippen molar-refractivity contribution < 1.29 is 5.11 Å². The zero-order chi connectivity index (χ0) is 13.2. The highest BCUT2D eigenvalue weighted by atomic mass is 16.3. The number of likely N-dealkylation sites (tertiary alicyclic amines) is 1. The van der Waals surface area contributed by atoms with Gasteiger partial charge in [0.1, 0.15) is 0 Å². The van der Waals surface area contributed by atoms with E-state index in [1.807, 2.05) is 6.92 Å². The van der Waals surface area contributed by atoms with Crippen molar-refractivity contribution in [3.8, 4) is 0 Å². The van der Waals surface area contributed by atoms with Gasteiger partial charge < -0.3 is 10.4 Å². The van der Waals surface area contributed by atoms with Gasteiger partial charge in [-0.05, 0) is 38.0 Å². The van der Waals surface area contributed by atoms with Crippen molar-refractivity contribution in [2.45, 2.75) is 64.5 Å². The fraction of sp³-hybridized carbons (Fsp3) is 1.00. The fourth-order valence-electron chi connectivity index (χ4n) is 3.22. The van der Waals surface area contributed by atoms with Gasteiger partial charge >= 0.3 is 0 Å². The van der Waals surface area contributed by atoms with E-state index in [9.17, 15) is 5.11 Å². The van der Waals surface area contributed by atoms with E-state index in [2.05, 4.69) is 24.1 Å². The number of nitrogens with zero attached hydrogens (tertiary/aromatic N) is 1. The Kier molecular flexibility index (Phi) is 4.35. The number of hydrogen-bond donors (Lipinski definition) is 2. The van der Waals surface area contributed by atoms with Crippen LogP contribution in [0.3, 0.4) is 0 Å². The van der Waals surface area contributed by atoms with E-state index in [-0.39, 0.29) is 0 Å². The van der Waals surface area contributed by atoms with Crippen LogP contribution in [0.25, 0.3) is 0 Å². The van der Waals surface area contributed by atoms with Crippen molar-refractivity contribution in [1.82, 2.24) is 10.2 Å². The van der Waals surface area contributed by atoms with Crippen LogP contribution >= 0.6 is 0 Å². The molecule has 106 valence electrons. The topological polar surface area (TPSA) is 35.5 Å². The summed E-state index contributed by atoms with van der Waals surface area (Å²) < 4.78 is 0. The molecule has 3 nitrogen and oxygen atoms in total. The normalized spacial score (nSPS) is 32.7. The molecule has 1 saturated heterocycles. The van der Waals surface area contributed by atoms with Gasteiger partial charge in [0, 0.05) is 32.2 Å². The van der Waals surface area contributed by atoms with Crippen molar-refractivity contribution in [3.05, 3.63) is 0 Å². The summed E-state index contributed by atoms with van der Waals surface area (Å²) in [6, 6.07) is 0.794. The van der Waals surface area contributed by atoms with Gasteiger partial charge in [-0.3, -0.25) is 4.90 Å². The van der Waals surface area contributed by atoms with Gasteiger partial charge in [-0.15, -0.1) is 0 Å². The Hall–Kier alpha value is -0.120. The molecule has 0 spiro atoms. The summed E-state index contributed by atoms with van der Waals surface area (Å²) in [6.45, 7) is 10.8. The highest BCUT2D eigenvalue weighted by molar-refractivity contribution is 4.91. The minimum absolute atomic E-state index is 0.359. The van der Waals surface area contributed by atoms with Crippen molar-refractivity contribution >= 4 is 0 Å². The molecule has 1 heterocycles. The third-order valence-electron chi connectivity index (χ3n) is 4.38. The first kappa shape index (κ1) is 14.3. The lowest BCUT2D eigenvalue weighted by Crippen LogP contribution is -2.43. The summed E-state index contributed by atoms with van der Waals surface area (Å²) in [7, 11) is 0. The SMILES string of the molecule is CCCC(C)(CNC1CC1)CN1CCC(C)(O)C1. The number of hydrogen-bond acceptors (Lipinski definition) is 3. The lowest BCUT2D eigenvalue weighted by atomic mass is 9.84. The molecule has 18 heavy (non-hydrogen) atoms. The molecule has 1 aliphatic carbocycles. The molecule has 0 aromatic heterocycles. The van der Waals surface area contributed by atoms with Crippen LogP contribution in [0, 0.1) is 5.41 Å². The monoisotopic (exact) mass is 254 g/mol. The van der Waals surface area contributed by atoms with Crippen LogP contribution in [0.5, 0.6) is 0 Å². The van der Waals surface area contributed by atoms with Gasteiger partial charge in [-0.1, -0.05) is 20.3 Å². The van der Waals surface area contributed by atoms with Crippen molar-refractivity contribution in [3.63, 3.8) is 0 Å². The maximum atomic E-state index is 10.1. The van der Waals surface area contributed by atoms with Crippen LogP contribution in [-0.4, -0.2) is 47.8 Å². The molecule has 2 aliphatic rings. The molecule has 1 saturated carbocycles. The van der Waals surface area contributed by atoms with Crippen LogP contribution in [0.4, 0.5) is 0 Å². The summed E-state index contributed by atoms with van der Waals surface area (Å²) in [5.41, 5.74) is -0.102. The quantitative estimate of drug-likeness (QED) is 0.729. The maximum Gasteiger partial charge on any atom is 0.0758 e. The molecule has 0 aromatic carbocycles. The number of rotatable bonds is 7. The molecule has 0 aromatic rings. The van der Waals surface area contributed by atoms with E-state index in [0.29, 0.717) is 5.41 Å². The second-order valence-corrected chi connectivity index (χ2v) is 7.17. The zero-order valence-electron chi connectivity index (χ0n) is 12.3. The molecular weight excluding hydrogens is 224 g/mol. The lowest BCUT2D eigenvalue weighted by molar-refractivity contribution is 0.0609. The fourth-order valence-corrected chi connectivity index (χ4v) is 3.22. The molecule has 0 radical (unpaired) electrons. The first-order valence-electron chi connectivity index (χ1n) is 7.61. The highest BCUT2D eigenvalue weighted by Gasteiger charge is 2.36. The highest BCUT2D eigenvalue weighted by Crippen LogP contribution is 2.30. The van der Waals surface area contributed by atoms with E-state index in [1.165, 1.54) is 25.7 Å². The summed E-state index contributed by atoms with van der Waals surface area (Å²) in [4.78, 5) is 2.45. The van der Waals surface area contributed by atoms with Crippen LogP contribution in [0.2, 0.25) is 0 Å². The van der Waals surface area contributed by atoms with Crippen LogP contribution in [0.15, 0.2) is 0 Å². The van der Waals surface area contributed by atoms with Gasteiger partial charge in [0.05, 0.1) is 5.60 Å². The Morgan fingerprint density at radius 3 is 2.67 bits per heavy atom. The molecule has 1 aliphatic heterocycles. The lowest BCUT2D eigenvalue weighted by Gasteiger charge is -2.34. The van der Waals surface area contributed by atoms with E-state index in [0.717, 1.165) is 38.6 Å². The van der Waals surface area contributed by atoms with Crippen molar-refractivity contribution in [1.29, 1.82) is 0 Å². The van der Waals surface area contributed by atoms with Gasteiger partial charge in [0.25, 0.3) is 0 Å².